The molecule has 0 radical (unpaired) electrons. The SMILES string of the molecule is Cc1ccc(Nc2nnc(C(C)c3ccc(CC(C)C)cc3)s2)cc1. The molecule has 0 aliphatic rings. The van der Waals surface area contributed by atoms with Crippen molar-refractivity contribution in [1.29, 1.82) is 0 Å². The van der Waals surface area contributed by atoms with Gasteiger partial charge in [-0.2, -0.15) is 0 Å². The second-order valence-electron chi connectivity index (χ2n) is 7.00. The van der Waals surface area contributed by atoms with Gasteiger partial charge in [0.1, 0.15) is 5.01 Å². The number of aryl methyl sites for hydroxylation is 1. The summed E-state index contributed by atoms with van der Waals surface area (Å²) in [6.07, 6.45) is 1.12. The Hall–Kier alpha value is -2.20. The van der Waals surface area contributed by atoms with Crippen LogP contribution in [-0.2, 0) is 6.42 Å². The molecule has 25 heavy (non-hydrogen) atoms. The fourth-order valence-electron chi connectivity index (χ4n) is 2.78. The van der Waals surface area contributed by atoms with Crippen LogP contribution < -0.4 is 5.32 Å². The van der Waals surface area contributed by atoms with E-state index in [0.717, 1.165) is 22.2 Å². The van der Waals surface area contributed by atoms with Crippen LogP contribution in [0.1, 0.15) is 48.4 Å². The topological polar surface area (TPSA) is 37.8 Å². The first kappa shape index (κ1) is 17.6. The Morgan fingerprint density at radius 2 is 1.60 bits per heavy atom. The number of anilines is 2. The number of benzene rings is 2. The van der Waals surface area contributed by atoms with E-state index < -0.39 is 0 Å². The van der Waals surface area contributed by atoms with Crippen molar-refractivity contribution in [2.45, 2.75) is 40.0 Å². The van der Waals surface area contributed by atoms with Crippen molar-refractivity contribution >= 4 is 22.2 Å². The maximum absolute atomic E-state index is 4.38. The van der Waals surface area contributed by atoms with Crippen molar-refractivity contribution in [3.8, 4) is 0 Å². The zero-order valence-electron chi connectivity index (χ0n) is 15.3. The molecule has 3 rings (SSSR count). The minimum atomic E-state index is 0.249. The summed E-state index contributed by atoms with van der Waals surface area (Å²) in [6, 6.07) is 17.2. The van der Waals surface area contributed by atoms with Gasteiger partial charge < -0.3 is 5.32 Å². The van der Waals surface area contributed by atoms with Crippen molar-refractivity contribution in [2.24, 2.45) is 5.92 Å². The molecular formula is C21H25N3S. The lowest BCUT2D eigenvalue weighted by molar-refractivity contribution is 0.647. The molecule has 0 amide bonds. The van der Waals surface area contributed by atoms with Gasteiger partial charge in [-0.15, -0.1) is 10.2 Å². The highest BCUT2D eigenvalue weighted by Crippen LogP contribution is 2.30. The van der Waals surface area contributed by atoms with Gasteiger partial charge in [-0.25, -0.2) is 0 Å². The van der Waals surface area contributed by atoms with Gasteiger partial charge in [-0.3, -0.25) is 0 Å². The van der Waals surface area contributed by atoms with Crippen molar-refractivity contribution in [2.75, 3.05) is 5.32 Å². The average molecular weight is 352 g/mol. The molecule has 130 valence electrons. The smallest absolute Gasteiger partial charge is 0.210 e. The van der Waals surface area contributed by atoms with E-state index in [1.165, 1.54) is 16.7 Å². The molecule has 0 aliphatic heterocycles. The molecule has 0 aliphatic carbocycles. The molecule has 0 bridgehead atoms. The summed E-state index contributed by atoms with van der Waals surface area (Å²) < 4.78 is 0. The van der Waals surface area contributed by atoms with Crippen LogP contribution in [0.5, 0.6) is 0 Å². The van der Waals surface area contributed by atoms with Crippen molar-refractivity contribution in [3.63, 3.8) is 0 Å². The fraction of sp³-hybridized carbons (Fsp3) is 0.333. The van der Waals surface area contributed by atoms with Crippen LogP contribution in [0.2, 0.25) is 0 Å². The van der Waals surface area contributed by atoms with E-state index in [2.05, 4.69) is 91.7 Å². The lowest BCUT2D eigenvalue weighted by atomic mass is 9.97. The van der Waals surface area contributed by atoms with E-state index in [4.69, 9.17) is 0 Å². The van der Waals surface area contributed by atoms with Crippen LogP contribution in [0.15, 0.2) is 48.5 Å². The van der Waals surface area contributed by atoms with Crippen LogP contribution in [0.4, 0.5) is 10.8 Å². The highest BCUT2D eigenvalue weighted by molar-refractivity contribution is 7.15. The van der Waals surface area contributed by atoms with Gasteiger partial charge in [0.2, 0.25) is 5.13 Å². The molecule has 4 heteroatoms. The minimum Gasteiger partial charge on any atom is -0.330 e. The monoisotopic (exact) mass is 351 g/mol. The number of nitrogens with zero attached hydrogens (tertiary/aromatic N) is 2. The molecule has 1 N–H and O–H groups in total. The zero-order chi connectivity index (χ0) is 17.8. The molecule has 0 saturated carbocycles. The molecule has 3 aromatic rings. The van der Waals surface area contributed by atoms with Gasteiger partial charge in [0.05, 0.1) is 0 Å². The number of aromatic nitrogens is 2. The van der Waals surface area contributed by atoms with Crippen molar-refractivity contribution < 1.29 is 0 Å². The first-order valence-corrected chi connectivity index (χ1v) is 9.59. The molecular weight excluding hydrogens is 326 g/mol. The van der Waals surface area contributed by atoms with Crippen LogP contribution in [0.25, 0.3) is 0 Å². The van der Waals surface area contributed by atoms with Crippen molar-refractivity contribution in [1.82, 2.24) is 10.2 Å². The number of rotatable bonds is 6. The maximum atomic E-state index is 4.38. The van der Waals surface area contributed by atoms with Gasteiger partial charge >= 0.3 is 0 Å². The largest absolute Gasteiger partial charge is 0.330 e. The van der Waals surface area contributed by atoms with E-state index in [1.807, 2.05) is 0 Å². The highest BCUT2D eigenvalue weighted by atomic mass is 32.1. The minimum absolute atomic E-state index is 0.249. The Bertz CT molecular complexity index is 804. The van der Waals surface area contributed by atoms with Gasteiger partial charge in [0.25, 0.3) is 0 Å². The second-order valence-corrected chi connectivity index (χ2v) is 8.01. The Balaban J connectivity index is 1.69. The van der Waals surface area contributed by atoms with E-state index >= 15 is 0 Å². The average Bonchev–Trinajstić information content (AvgIpc) is 3.05. The quantitative estimate of drug-likeness (QED) is 0.597. The maximum Gasteiger partial charge on any atom is 0.210 e. The third-order valence-corrected chi connectivity index (χ3v) is 5.26. The molecule has 0 fully saturated rings. The third-order valence-electron chi connectivity index (χ3n) is 4.24. The number of hydrogen-bond donors (Lipinski definition) is 1. The standard InChI is InChI=1S/C21H25N3S/c1-14(2)13-17-7-9-18(10-8-17)16(4)20-23-24-21(25-20)22-19-11-5-15(3)6-12-19/h5-12,14,16H,13H2,1-4H3,(H,22,24). The number of nitrogens with one attached hydrogen (secondary N) is 1. The summed E-state index contributed by atoms with van der Waals surface area (Å²) in [5, 5.41) is 13.9. The van der Waals surface area contributed by atoms with Gasteiger partial charge in [0, 0.05) is 11.6 Å². The van der Waals surface area contributed by atoms with Crippen LogP contribution in [0.3, 0.4) is 0 Å². The van der Waals surface area contributed by atoms with Gasteiger partial charge in [-0.1, -0.05) is 74.1 Å². The lowest BCUT2D eigenvalue weighted by Crippen LogP contribution is -1.98. The van der Waals surface area contributed by atoms with E-state index in [9.17, 15) is 0 Å². The number of hydrogen-bond acceptors (Lipinski definition) is 4. The van der Waals surface area contributed by atoms with Crippen molar-refractivity contribution in [3.05, 3.63) is 70.2 Å². The van der Waals surface area contributed by atoms with E-state index in [1.54, 1.807) is 11.3 Å². The molecule has 1 heterocycles. The lowest BCUT2D eigenvalue weighted by Gasteiger charge is -2.10. The highest BCUT2D eigenvalue weighted by Gasteiger charge is 2.14. The molecule has 0 spiro atoms. The summed E-state index contributed by atoms with van der Waals surface area (Å²) in [5.74, 6) is 0.931. The summed E-state index contributed by atoms with van der Waals surface area (Å²) in [5.41, 5.74) is 4.97. The molecule has 1 aromatic heterocycles. The predicted molar refractivity (Wildman–Crippen MR) is 107 cm³/mol. The van der Waals surface area contributed by atoms with Gasteiger partial charge in [0.15, 0.2) is 0 Å². The Kier molecular flexibility index (Phi) is 5.49. The molecule has 1 unspecified atom stereocenters. The third kappa shape index (κ3) is 4.67. The first-order chi connectivity index (χ1) is 12.0. The molecule has 3 nitrogen and oxygen atoms in total. The second kappa shape index (κ2) is 7.79. The molecule has 2 aromatic carbocycles. The Labute approximate surface area is 154 Å². The summed E-state index contributed by atoms with van der Waals surface area (Å²) in [6.45, 7) is 8.77. The Morgan fingerprint density at radius 1 is 0.920 bits per heavy atom. The zero-order valence-corrected chi connectivity index (χ0v) is 16.1. The predicted octanol–water partition coefficient (Wildman–Crippen LogP) is 5.94. The van der Waals surface area contributed by atoms with Gasteiger partial charge in [-0.05, 0) is 42.5 Å². The molecule has 1 atom stereocenters. The first-order valence-electron chi connectivity index (χ1n) is 8.77. The van der Waals surface area contributed by atoms with Crippen LogP contribution in [-0.4, -0.2) is 10.2 Å². The Morgan fingerprint density at radius 3 is 2.24 bits per heavy atom. The normalized spacial score (nSPS) is 12.4. The van der Waals surface area contributed by atoms with Crippen LogP contribution >= 0.6 is 11.3 Å². The van der Waals surface area contributed by atoms with Crippen LogP contribution in [0, 0.1) is 12.8 Å². The summed E-state index contributed by atoms with van der Waals surface area (Å²) in [4.78, 5) is 0. The van der Waals surface area contributed by atoms with E-state index in [0.29, 0.717) is 5.92 Å². The van der Waals surface area contributed by atoms with E-state index in [-0.39, 0.29) is 5.92 Å². The molecule has 0 saturated heterocycles. The summed E-state index contributed by atoms with van der Waals surface area (Å²) >= 11 is 1.62. The summed E-state index contributed by atoms with van der Waals surface area (Å²) in [7, 11) is 0. The fourth-order valence-corrected chi connectivity index (χ4v) is 3.62.